The molecule has 2 saturated heterocycles. The number of ether oxygens (including phenoxy) is 6. The third-order valence-electron chi connectivity index (χ3n) is 5.55. The molecular formula is C33H44O7. The molecule has 2 aliphatic heterocycles. The Morgan fingerprint density at radius 2 is 0.800 bits per heavy atom. The Kier molecular flexibility index (Phi) is 17.5. The molecular weight excluding hydrogens is 508 g/mol. The zero-order valence-corrected chi connectivity index (χ0v) is 24.1. The number of epoxide rings is 2. The topological polar surface area (TPSA) is 82.2 Å². The Morgan fingerprint density at radius 3 is 0.950 bits per heavy atom. The van der Waals surface area contributed by atoms with Crippen molar-refractivity contribution in [3.05, 3.63) is 97.1 Å². The first-order chi connectivity index (χ1) is 19.6. The lowest BCUT2D eigenvalue weighted by Crippen LogP contribution is -2.19. The van der Waals surface area contributed by atoms with Crippen molar-refractivity contribution in [1.29, 1.82) is 0 Å². The first kappa shape index (κ1) is 33.3. The van der Waals surface area contributed by atoms with Crippen LogP contribution in [0.2, 0.25) is 0 Å². The zero-order valence-electron chi connectivity index (χ0n) is 24.1. The van der Waals surface area contributed by atoms with Gasteiger partial charge in [-0.2, -0.15) is 0 Å². The molecule has 0 bridgehead atoms. The van der Waals surface area contributed by atoms with Crippen LogP contribution >= 0.6 is 0 Å². The van der Waals surface area contributed by atoms with Gasteiger partial charge in [-0.1, -0.05) is 97.1 Å². The van der Waals surface area contributed by atoms with E-state index >= 15 is 0 Å². The van der Waals surface area contributed by atoms with Gasteiger partial charge in [0, 0.05) is 28.4 Å². The monoisotopic (exact) mass is 552 g/mol. The van der Waals surface area contributed by atoms with Crippen LogP contribution in [0.4, 0.5) is 0 Å². The van der Waals surface area contributed by atoms with E-state index in [2.05, 4.69) is 107 Å². The molecule has 7 heteroatoms. The van der Waals surface area contributed by atoms with Crippen molar-refractivity contribution >= 4 is 21.5 Å². The van der Waals surface area contributed by atoms with Crippen LogP contribution in [0.1, 0.15) is 0 Å². The molecule has 40 heavy (non-hydrogen) atoms. The Balaban J connectivity index is 0.000000178. The van der Waals surface area contributed by atoms with Crippen LogP contribution in [0.15, 0.2) is 97.1 Å². The summed E-state index contributed by atoms with van der Waals surface area (Å²) in [5, 5.41) is 14.0. The summed E-state index contributed by atoms with van der Waals surface area (Å²) in [5.74, 6) is 0. The maximum absolute atomic E-state index is 8.80. The standard InChI is InChI=1S/2C10H8.C5H12O3.2C4H8O2/c2*1-2-6-10-8-4-3-7-9(10)5-1;1-7-3-5(6)4-8-2;2*1-5-2-4-3-6-4/h2*1-8H;5-6H,3-4H2,1-2H3;2*4H,2-3H2,1H3. The van der Waals surface area contributed by atoms with Gasteiger partial charge >= 0.3 is 0 Å². The summed E-state index contributed by atoms with van der Waals surface area (Å²) in [7, 11) is 6.45. The lowest BCUT2D eigenvalue weighted by atomic mass is 10.1. The Hall–Kier alpha value is -2.88. The van der Waals surface area contributed by atoms with Gasteiger partial charge in [0.15, 0.2) is 0 Å². The molecule has 0 saturated carbocycles. The van der Waals surface area contributed by atoms with Crippen molar-refractivity contribution in [2.75, 3.05) is 68.1 Å². The van der Waals surface area contributed by atoms with Crippen molar-refractivity contribution in [3.8, 4) is 0 Å². The molecule has 4 aromatic carbocycles. The van der Waals surface area contributed by atoms with E-state index in [-0.39, 0.29) is 0 Å². The minimum Gasteiger partial charge on any atom is -0.388 e. The molecule has 218 valence electrons. The Morgan fingerprint density at radius 1 is 0.550 bits per heavy atom. The summed E-state index contributed by atoms with van der Waals surface area (Å²) in [5.41, 5.74) is 0. The molecule has 2 atom stereocenters. The quantitative estimate of drug-likeness (QED) is 0.294. The molecule has 2 heterocycles. The third-order valence-corrected chi connectivity index (χ3v) is 5.55. The van der Waals surface area contributed by atoms with Gasteiger partial charge < -0.3 is 33.5 Å². The number of rotatable bonds is 8. The van der Waals surface area contributed by atoms with Gasteiger partial charge in [-0.15, -0.1) is 0 Å². The zero-order chi connectivity index (χ0) is 28.8. The number of hydrogen-bond acceptors (Lipinski definition) is 7. The second-order valence-electron chi connectivity index (χ2n) is 9.08. The molecule has 0 amide bonds. The van der Waals surface area contributed by atoms with Crippen molar-refractivity contribution in [1.82, 2.24) is 0 Å². The predicted octanol–water partition coefficient (Wildman–Crippen LogP) is 5.38. The molecule has 2 fully saturated rings. The van der Waals surface area contributed by atoms with E-state index in [0.717, 1.165) is 26.4 Å². The van der Waals surface area contributed by atoms with E-state index in [1.165, 1.54) is 21.5 Å². The summed E-state index contributed by atoms with van der Waals surface area (Å²) in [4.78, 5) is 0. The van der Waals surface area contributed by atoms with Crippen LogP contribution in [-0.2, 0) is 28.4 Å². The lowest BCUT2D eigenvalue weighted by Gasteiger charge is -2.05. The number of fused-ring (bicyclic) bond motifs is 2. The van der Waals surface area contributed by atoms with Gasteiger partial charge in [0.05, 0.1) is 39.6 Å². The highest BCUT2D eigenvalue weighted by atomic mass is 16.6. The number of aliphatic hydroxyl groups is 1. The fraction of sp³-hybridized carbons (Fsp3) is 0.394. The average molecular weight is 553 g/mol. The molecule has 4 aromatic rings. The average Bonchev–Trinajstić information content (AvgIpc) is 3.93. The second kappa shape index (κ2) is 20.9. The SMILES string of the molecule is COCC(O)COC.COCC1CO1.COCC1CO1.c1ccc2ccccc2c1.c1ccc2ccccc2c1. The van der Waals surface area contributed by atoms with E-state index in [0.29, 0.717) is 25.4 Å². The van der Waals surface area contributed by atoms with Gasteiger partial charge in [0.25, 0.3) is 0 Å². The molecule has 7 nitrogen and oxygen atoms in total. The predicted molar refractivity (Wildman–Crippen MR) is 161 cm³/mol. The van der Waals surface area contributed by atoms with Crippen molar-refractivity contribution in [3.63, 3.8) is 0 Å². The molecule has 0 aromatic heterocycles. The van der Waals surface area contributed by atoms with Gasteiger partial charge in [0.1, 0.15) is 18.3 Å². The second-order valence-corrected chi connectivity index (χ2v) is 9.08. The molecule has 0 aliphatic carbocycles. The summed E-state index contributed by atoms with van der Waals surface area (Å²) in [6, 6.07) is 33.4. The Bertz CT molecular complexity index is 939. The fourth-order valence-corrected chi connectivity index (χ4v) is 3.40. The van der Waals surface area contributed by atoms with Crippen LogP contribution in [0.5, 0.6) is 0 Å². The molecule has 1 N–H and O–H groups in total. The first-order valence-corrected chi connectivity index (χ1v) is 13.4. The number of aliphatic hydroxyl groups excluding tert-OH is 1. The maximum Gasteiger partial charge on any atom is 0.104 e. The van der Waals surface area contributed by atoms with Crippen LogP contribution in [0.3, 0.4) is 0 Å². The van der Waals surface area contributed by atoms with Gasteiger partial charge in [0.2, 0.25) is 0 Å². The highest BCUT2D eigenvalue weighted by Crippen LogP contribution is 2.12. The number of hydrogen-bond donors (Lipinski definition) is 1. The van der Waals surface area contributed by atoms with Crippen molar-refractivity contribution in [2.24, 2.45) is 0 Å². The van der Waals surface area contributed by atoms with Crippen molar-refractivity contribution < 1.29 is 33.5 Å². The largest absolute Gasteiger partial charge is 0.388 e. The lowest BCUT2D eigenvalue weighted by molar-refractivity contribution is 0.00980. The van der Waals surface area contributed by atoms with Crippen LogP contribution in [0.25, 0.3) is 21.5 Å². The maximum atomic E-state index is 8.80. The molecule has 0 radical (unpaired) electrons. The summed E-state index contributed by atoms with van der Waals surface area (Å²) < 4.78 is 28.4. The third kappa shape index (κ3) is 15.6. The van der Waals surface area contributed by atoms with E-state index in [9.17, 15) is 0 Å². The van der Waals surface area contributed by atoms with Crippen LogP contribution in [0, 0.1) is 0 Å². The number of methoxy groups -OCH3 is 4. The summed E-state index contributed by atoms with van der Waals surface area (Å²) >= 11 is 0. The Labute approximate surface area is 238 Å². The smallest absolute Gasteiger partial charge is 0.104 e. The van der Waals surface area contributed by atoms with Crippen LogP contribution in [-0.4, -0.2) is 91.5 Å². The minimum absolute atomic E-state index is 0.341. The van der Waals surface area contributed by atoms with Gasteiger partial charge in [-0.05, 0) is 21.5 Å². The fourth-order valence-electron chi connectivity index (χ4n) is 3.40. The molecule has 6 rings (SSSR count). The highest BCUT2D eigenvalue weighted by molar-refractivity contribution is 5.82. The van der Waals surface area contributed by atoms with Crippen molar-refractivity contribution in [2.45, 2.75) is 18.3 Å². The van der Waals surface area contributed by atoms with E-state index < -0.39 is 6.10 Å². The molecule has 2 unspecified atom stereocenters. The van der Waals surface area contributed by atoms with E-state index in [1.807, 2.05) is 0 Å². The van der Waals surface area contributed by atoms with E-state index in [1.54, 1.807) is 28.4 Å². The summed E-state index contributed by atoms with van der Waals surface area (Å²) in [6.45, 7) is 4.00. The normalized spacial score (nSPS) is 16.2. The highest BCUT2D eigenvalue weighted by Gasteiger charge is 2.21. The first-order valence-electron chi connectivity index (χ1n) is 13.4. The van der Waals surface area contributed by atoms with Crippen LogP contribution < -0.4 is 0 Å². The van der Waals surface area contributed by atoms with E-state index in [4.69, 9.17) is 24.1 Å². The minimum atomic E-state index is -0.481. The number of benzene rings is 4. The molecule has 0 spiro atoms. The van der Waals surface area contributed by atoms with Gasteiger partial charge in [-0.3, -0.25) is 0 Å². The molecule has 2 aliphatic rings. The van der Waals surface area contributed by atoms with Gasteiger partial charge in [-0.25, -0.2) is 0 Å². The summed E-state index contributed by atoms with van der Waals surface area (Å²) in [6.07, 6.45) is 0.370.